The normalized spacial score (nSPS) is 13.4. The minimum absolute atomic E-state index is 0.0857. The first kappa shape index (κ1) is 36.9. The summed E-state index contributed by atoms with van der Waals surface area (Å²) in [7, 11) is 25.5. The average molecular weight is 707 g/mol. The Hall–Kier alpha value is -4.76. The molecule has 0 N–H and O–H groups in total. The van der Waals surface area contributed by atoms with Crippen molar-refractivity contribution in [3.8, 4) is 39.1 Å². The van der Waals surface area contributed by atoms with Gasteiger partial charge in [0.25, 0.3) is 0 Å². The number of para-hydroxylation sites is 2. The van der Waals surface area contributed by atoms with E-state index in [-0.39, 0.29) is 10.5 Å². The largest absolute Gasteiger partial charge is 0.298 e. The van der Waals surface area contributed by atoms with E-state index in [0.29, 0.717) is 0 Å². The first-order valence-corrected chi connectivity index (χ1v) is 20.3. The van der Waals surface area contributed by atoms with Crippen LogP contribution in [0.3, 0.4) is 0 Å². The van der Waals surface area contributed by atoms with Gasteiger partial charge in [0.2, 0.25) is 0 Å². The molecule has 0 saturated heterocycles. The zero-order valence-corrected chi connectivity index (χ0v) is 35.6. The number of hydrogen-bond donors (Lipinski definition) is 0. The van der Waals surface area contributed by atoms with Crippen molar-refractivity contribution in [2.75, 3.05) is 0 Å². The molecule has 258 valence electrons. The maximum absolute atomic E-state index is 5.14. The maximum Gasteiger partial charge on any atom is 0.139 e. The van der Waals surface area contributed by atoms with E-state index < -0.39 is 0 Å². The third kappa shape index (κ3) is 5.08. The Balaban J connectivity index is 1.40. The summed E-state index contributed by atoms with van der Waals surface area (Å²) in [6.45, 7) is 4.79. The lowest BCUT2D eigenvalue weighted by atomic mass is 9.42. The van der Waals surface area contributed by atoms with E-state index in [1.807, 2.05) is 0 Å². The number of imidazole rings is 1. The summed E-state index contributed by atoms with van der Waals surface area (Å²) in [5.74, 6) is 1.07. The fraction of sp³-hybridized carbons (Fsp3) is 0.0930. The van der Waals surface area contributed by atoms with E-state index >= 15 is 0 Å². The second-order valence-corrected chi connectivity index (χ2v) is 18.2. The Morgan fingerprint density at radius 2 is 0.964 bits per heavy atom. The van der Waals surface area contributed by atoms with Crippen molar-refractivity contribution in [3.63, 3.8) is 0 Å². The van der Waals surface area contributed by atoms with Gasteiger partial charge in [-0.2, -0.15) is 0 Å². The van der Waals surface area contributed by atoms with Crippen LogP contribution in [0.25, 0.3) is 71.6 Å². The van der Waals surface area contributed by atoms with Crippen LogP contribution >= 0.6 is 0 Å². The molecule has 0 fully saturated rings. The first-order chi connectivity index (χ1) is 26.5. The van der Waals surface area contributed by atoms with Gasteiger partial charge in [0.15, 0.2) is 0 Å². The Labute approximate surface area is 341 Å². The van der Waals surface area contributed by atoms with Gasteiger partial charge in [0, 0.05) is 11.1 Å². The molecule has 0 saturated carbocycles. The molecule has 2 nitrogen and oxygen atoms in total. The lowest BCUT2D eigenvalue weighted by Crippen LogP contribution is -2.50. The molecule has 0 aliphatic heterocycles. The highest BCUT2D eigenvalue weighted by Gasteiger charge is 2.36. The molecule has 0 atom stereocenters. The van der Waals surface area contributed by atoms with Crippen molar-refractivity contribution in [1.29, 1.82) is 0 Å². The molecule has 1 aromatic heterocycles. The van der Waals surface area contributed by atoms with Gasteiger partial charge in [-0.05, 0) is 96.4 Å². The summed E-state index contributed by atoms with van der Waals surface area (Å²) >= 11 is 0. The van der Waals surface area contributed by atoms with Crippen LogP contribution in [0.1, 0.15) is 30.8 Å². The number of rotatable bonds is 4. The number of nitrogens with zero attached hydrogens (tertiary/aromatic N) is 2. The lowest BCUT2D eigenvalue weighted by molar-refractivity contribution is 0.660. The summed E-state index contributed by atoms with van der Waals surface area (Å²) in [6, 6.07) is 34.2. The van der Waals surface area contributed by atoms with Crippen LogP contribution in [0.15, 0.2) is 91.0 Å². The topological polar surface area (TPSA) is 17.8 Å². The molecular formula is C43H43B11N2. The smallest absolute Gasteiger partial charge is 0.139 e. The minimum atomic E-state index is -0.121. The summed E-state index contributed by atoms with van der Waals surface area (Å²) in [5.41, 5.74) is 25.0. The van der Waals surface area contributed by atoms with E-state index in [1.54, 1.807) is 0 Å². The Bertz CT molecular complexity index is 2930. The van der Waals surface area contributed by atoms with Crippen molar-refractivity contribution in [2.45, 2.75) is 24.4 Å². The average Bonchev–Trinajstić information content (AvgIpc) is 3.70. The molecule has 13 heteroatoms. The molecule has 8 aromatic rings. The van der Waals surface area contributed by atoms with Crippen LogP contribution in [-0.2, 0) is 10.5 Å². The Morgan fingerprint density at radius 1 is 0.500 bits per heavy atom. The monoisotopic (exact) mass is 708 g/mol. The quantitative estimate of drug-likeness (QED) is 0.132. The predicted octanol–water partition coefficient (Wildman–Crippen LogP) is -5.95. The first-order valence-electron chi connectivity index (χ1n) is 20.3. The molecule has 1 heterocycles. The van der Waals surface area contributed by atoms with Gasteiger partial charge in [-0.3, -0.25) is 4.57 Å². The van der Waals surface area contributed by atoms with E-state index in [0.717, 1.165) is 22.5 Å². The summed E-state index contributed by atoms with van der Waals surface area (Å²) in [5, 5.41) is 5.39. The summed E-state index contributed by atoms with van der Waals surface area (Å²) < 4.78 is 2.36. The molecule has 1 aliphatic carbocycles. The van der Waals surface area contributed by atoms with Gasteiger partial charge < -0.3 is 0 Å². The fourth-order valence-electron chi connectivity index (χ4n) is 10.1. The standard InChI is InChI=1S/C43H43B11N2/c1-42(2)23-8-4-3-7-21(23)22-16-13-19(17-24(22)42)28-31-29(33(44)37(48)39(50)35(31)46)27(30-32(28)36(47)40(51)38(49)34(30)45)18-11-14-20(15-12-18)56-26-10-6-5-9-25(26)55-41(56)43(52,53)54/h3-17H,44-54H2,1-2H3. The van der Waals surface area contributed by atoms with Crippen molar-refractivity contribution in [1.82, 2.24) is 9.55 Å². The van der Waals surface area contributed by atoms with Crippen LogP contribution in [0, 0.1) is 0 Å². The lowest BCUT2D eigenvalue weighted by Gasteiger charge is -2.29. The maximum atomic E-state index is 5.14. The third-order valence-corrected chi connectivity index (χ3v) is 13.9. The van der Waals surface area contributed by atoms with Crippen molar-refractivity contribution < 1.29 is 0 Å². The number of fused-ring (bicyclic) bond motifs is 6. The van der Waals surface area contributed by atoms with Gasteiger partial charge in [0.05, 0.1) is 40.4 Å². The van der Waals surface area contributed by atoms with E-state index in [2.05, 4.69) is 196 Å². The van der Waals surface area contributed by atoms with Crippen LogP contribution < -0.4 is 43.7 Å². The van der Waals surface area contributed by atoms with Crippen molar-refractivity contribution >= 4 is 163 Å². The van der Waals surface area contributed by atoms with Crippen LogP contribution in [-0.4, -0.2) is 95.9 Å². The van der Waals surface area contributed by atoms with E-state index in [9.17, 15) is 0 Å². The molecule has 0 radical (unpaired) electrons. The summed E-state index contributed by atoms with van der Waals surface area (Å²) in [4.78, 5) is 5.14. The number of hydrogen-bond acceptors (Lipinski definition) is 1. The van der Waals surface area contributed by atoms with Crippen molar-refractivity contribution in [3.05, 3.63) is 108 Å². The SMILES string of the molecule is Bc1c(B)c(B)c2c(-c3ccc4c(c3)C(C)(C)c3ccccc3-4)c3c(B)c(B)c(B)c(B)c3c(-c3ccc(-n4c(C(B)(B)B)nc5ccccc54)cc3)c2c1B. The molecule has 7 aromatic carbocycles. The molecular weight excluding hydrogens is 663 g/mol. The predicted molar refractivity (Wildman–Crippen MR) is 277 cm³/mol. The second-order valence-electron chi connectivity index (χ2n) is 18.2. The Morgan fingerprint density at radius 3 is 1.52 bits per heavy atom. The Kier molecular flexibility index (Phi) is 8.31. The zero-order valence-electron chi connectivity index (χ0n) is 35.6. The minimum Gasteiger partial charge on any atom is -0.298 e. The van der Waals surface area contributed by atoms with Crippen molar-refractivity contribution in [2.24, 2.45) is 0 Å². The summed E-state index contributed by atoms with van der Waals surface area (Å²) in [6.07, 6.45) is 0. The van der Waals surface area contributed by atoms with Crippen LogP contribution in [0.2, 0.25) is 0 Å². The molecule has 0 unspecified atom stereocenters. The highest BCUT2D eigenvalue weighted by atomic mass is 15.1. The fourth-order valence-corrected chi connectivity index (χ4v) is 10.1. The third-order valence-electron chi connectivity index (χ3n) is 13.9. The highest BCUT2D eigenvalue weighted by Crippen LogP contribution is 2.50. The van der Waals surface area contributed by atoms with Gasteiger partial charge in [0.1, 0.15) is 62.8 Å². The molecule has 1 aliphatic rings. The van der Waals surface area contributed by atoms with Gasteiger partial charge >= 0.3 is 0 Å². The van der Waals surface area contributed by atoms with Gasteiger partial charge in [-0.25, -0.2) is 4.98 Å². The molecule has 9 rings (SSSR count). The van der Waals surface area contributed by atoms with E-state index in [1.165, 1.54) is 110 Å². The van der Waals surface area contributed by atoms with Gasteiger partial charge in [-0.1, -0.05) is 101 Å². The highest BCUT2D eigenvalue weighted by molar-refractivity contribution is 6.71. The number of aromatic nitrogens is 2. The van der Waals surface area contributed by atoms with E-state index in [4.69, 9.17) is 4.98 Å². The van der Waals surface area contributed by atoms with Gasteiger partial charge in [-0.15, -0.1) is 21.9 Å². The molecule has 0 spiro atoms. The number of benzene rings is 7. The van der Waals surface area contributed by atoms with Crippen LogP contribution in [0.4, 0.5) is 0 Å². The zero-order chi connectivity index (χ0) is 39.7. The van der Waals surface area contributed by atoms with Crippen LogP contribution in [0.5, 0.6) is 0 Å². The second kappa shape index (κ2) is 12.6. The molecule has 0 bridgehead atoms. The molecule has 0 amide bonds. The molecule has 56 heavy (non-hydrogen) atoms.